The zero-order chi connectivity index (χ0) is 29.4. The Labute approximate surface area is 235 Å². The molecule has 0 spiro atoms. The van der Waals surface area contributed by atoms with Gasteiger partial charge in [0.05, 0.1) is 19.8 Å². The molecule has 2 N–H and O–H groups in total. The van der Waals surface area contributed by atoms with Crippen molar-refractivity contribution in [2.45, 2.75) is 38.3 Å². The van der Waals surface area contributed by atoms with Crippen LogP contribution < -0.4 is 10.1 Å². The summed E-state index contributed by atoms with van der Waals surface area (Å²) in [5.74, 6) is -2.59. The van der Waals surface area contributed by atoms with E-state index in [-0.39, 0.29) is 69.1 Å². The molecule has 2 aliphatic heterocycles. The molecule has 4 rings (SSSR count). The van der Waals surface area contributed by atoms with Gasteiger partial charge in [0.15, 0.2) is 5.82 Å². The molecule has 2 saturated heterocycles. The normalized spacial score (nSPS) is 17.6. The van der Waals surface area contributed by atoms with Crippen molar-refractivity contribution in [1.82, 2.24) is 25.1 Å². The third-order valence-electron chi connectivity index (χ3n) is 6.58. The minimum absolute atomic E-state index is 0.100. The number of aromatic nitrogens is 2. The van der Waals surface area contributed by atoms with Crippen LogP contribution in [0.2, 0.25) is 0 Å². The second-order valence-corrected chi connectivity index (χ2v) is 9.50. The Morgan fingerprint density at radius 2 is 1.83 bits per heavy atom. The number of carbonyl (C=O) groups is 4. The van der Waals surface area contributed by atoms with Crippen LogP contribution in [0.25, 0.3) is 11.4 Å². The molecule has 14 heteroatoms. The van der Waals surface area contributed by atoms with Crippen molar-refractivity contribution >= 4 is 23.9 Å². The van der Waals surface area contributed by atoms with E-state index in [1.54, 1.807) is 6.92 Å². The number of piperazine rings is 1. The third kappa shape index (κ3) is 8.10. The number of carboxylic acid groups (broad SMARTS) is 1. The molecule has 3 amide bonds. The van der Waals surface area contributed by atoms with Crippen LogP contribution in [0.1, 0.15) is 36.7 Å². The first kappa shape index (κ1) is 29.6. The topological polar surface area (TPSA) is 160 Å². The van der Waals surface area contributed by atoms with Crippen molar-refractivity contribution < 1.29 is 42.9 Å². The Balaban J connectivity index is 1.53. The molecule has 2 unspecified atom stereocenters. The molecular weight excluding hydrogens is 541 g/mol. The predicted molar refractivity (Wildman–Crippen MR) is 141 cm³/mol. The zero-order valence-electron chi connectivity index (χ0n) is 22.6. The quantitative estimate of drug-likeness (QED) is 0.428. The van der Waals surface area contributed by atoms with Crippen molar-refractivity contribution in [3.8, 4) is 17.3 Å². The van der Waals surface area contributed by atoms with Crippen LogP contribution in [0, 0.1) is 5.82 Å². The summed E-state index contributed by atoms with van der Waals surface area (Å²) in [6, 6.07) is 5.56. The number of ether oxygens (including phenoxy) is 3. The first-order valence-corrected chi connectivity index (χ1v) is 13.4. The third-order valence-corrected chi connectivity index (χ3v) is 6.58. The maximum atomic E-state index is 13.5. The highest BCUT2D eigenvalue weighted by molar-refractivity contribution is 5.96. The SMILES string of the molecule is CCOC(=O)N1CCN(C(=O)C(CCC(=O)O)NC(=O)c2cc(OC3CCOC3)nc(-c3ccc(F)cc3)n2)CC1. The number of rotatable bonds is 10. The van der Waals surface area contributed by atoms with Crippen LogP contribution in [0.3, 0.4) is 0 Å². The van der Waals surface area contributed by atoms with Crippen LogP contribution >= 0.6 is 0 Å². The molecule has 1 aromatic heterocycles. The fourth-order valence-electron chi connectivity index (χ4n) is 4.41. The summed E-state index contributed by atoms with van der Waals surface area (Å²) >= 11 is 0. The molecule has 3 heterocycles. The maximum absolute atomic E-state index is 13.5. The van der Waals surface area contributed by atoms with Gasteiger partial charge in [0, 0.05) is 50.7 Å². The summed E-state index contributed by atoms with van der Waals surface area (Å²) < 4.78 is 29.8. The number of nitrogens with zero attached hydrogens (tertiary/aromatic N) is 4. The Hall–Kier alpha value is -4.33. The van der Waals surface area contributed by atoms with E-state index < -0.39 is 35.7 Å². The van der Waals surface area contributed by atoms with Crippen LogP contribution in [0.15, 0.2) is 30.3 Å². The number of benzene rings is 1. The van der Waals surface area contributed by atoms with Crippen LogP contribution in [0.4, 0.5) is 9.18 Å². The van der Waals surface area contributed by atoms with Gasteiger partial charge in [-0.3, -0.25) is 14.4 Å². The minimum Gasteiger partial charge on any atom is -0.481 e. The number of carboxylic acids is 1. The highest BCUT2D eigenvalue weighted by Crippen LogP contribution is 2.22. The van der Waals surface area contributed by atoms with Crippen molar-refractivity contribution in [2.75, 3.05) is 46.0 Å². The minimum atomic E-state index is -1.16. The number of hydrogen-bond acceptors (Lipinski definition) is 9. The second-order valence-electron chi connectivity index (χ2n) is 9.50. The van der Waals surface area contributed by atoms with E-state index in [1.807, 2.05) is 0 Å². The lowest BCUT2D eigenvalue weighted by Gasteiger charge is -2.35. The number of aliphatic carboxylic acids is 1. The molecule has 13 nitrogen and oxygen atoms in total. The second kappa shape index (κ2) is 13.8. The Kier molecular flexibility index (Phi) is 10.0. The average Bonchev–Trinajstić information content (AvgIpc) is 3.48. The molecule has 41 heavy (non-hydrogen) atoms. The van der Waals surface area contributed by atoms with Gasteiger partial charge in [0.1, 0.15) is 23.7 Å². The lowest BCUT2D eigenvalue weighted by molar-refractivity contribution is -0.138. The Morgan fingerprint density at radius 1 is 1.12 bits per heavy atom. The van der Waals surface area contributed by atoms with Gasteiger partial charge in [-0.2, -0.15) is 4.98 Å². The molecule has 2 aliphatic rings. The number of amides is 3. The van der Waals surface area contributed by atoms with Gasteiger partial charge in [-0.25, -0.2) is 14.2 Å². The van der Waals surface area contributed by atoms with Crippen LogP contribution in [0.5, 0.6) is 5.88 Å². The molecule has 2 fully saturated rings. The van der Waals surface area contributed by atoms with Gasteiger partial charge >= 0.3 is 12.1 Å². The first-order chi connectivity index (χ1) is 19.7. The van der Waals surface area contributed by atoms with E-state index in [4.69, 9.17) is 14.2 Å². The van der Waals surface area contributed by atoms with Crippen molar-refractivity contribution in [1.29, 1.82) is 0 Å². The zero-order valence-corrected chi connectivity index (χ0v) is 22.6. The molecule has 220 valence electrons. The lowest BCUT2D eigenvalue weighted by Crippen LogP contribution is -2.56. The monoisotopic (exact) mass is 573 g/mol. The standard InChI is InChI=1S/C27H32FN5O8/c1-2-40-27(38)33-12-10-32(11-13-33)26(37)20(7-8-23(34)35)30-25(36)21-15-22(41-19-9-14-39-16-19)31-24(29-21)17-3-5-18(28)6-4-17/h3-6,15,19-20H,2,7-14,16H2,1H3,(H,30,36)(H,34,35). The van der Waals surface area contributed by atoms with Gasteiger partial charge < -0.3 is 34.4 Å². The summed E-state index contributed by atoms with van der Waals surface area (Å²) in [5, 5.41) is 11.9. The largest absolute Gasteiger partial charge is 0.481 e. The smallest absolute Gasteiger partial charge is 0.409 e. The van der Waals surface area contributed by atoms with Gasteiger partial charge in [-0.15, -0.1) is 0 Å². The fourth-order valence-corrected chi connectivity index (χ4v) is 4.41. The summed E-state index contributed by atoms with van der Waals surface area (Å²) in [6.07, 6.45) is -0.637. The van der Waals surface area contributed by atoms with E-state index in [1.165, 1.54) is 40.1 Å². The van der Waals surface area contributed by atoms with E-state index in [0.717, 1.165) is 0 Å². The molecule has 0 saturated carbocycles. The number of halogens is 1. The first-order valence-electron chi connectivity index (χ1n) is 13.4. The average molecular weight is 574 g/mol. The van der Waals surface area contributed by atoms with Crippen molar-refractivity contribution in [2.24, 2.45) is 0 Å². The summed E-state index contributed by atoms with van der Waals surface area (Å²) in [6.45, 7) is 3.68. The lowest BCUT2D eigenvalue weighted by atomic mass is 10.1. The summed E-state index contributed by atoms with van der Waals surface area (Å²) in [4.78, 5) is 61.7. The predicted octanol–water partition coefficient (Wildman–Crippen LogP) is 1.71. The van der Waals surface area contributed by atoms with Gasteiger partial charge in [0.2, 0.25) is 11.8 Å². The number of hydrogen-bond donors (Lipinski definition) is 2. The number of nitrogens with one attached hydrogen (secondary N) is 1. The van der Waals surface area contributed by atoms with E-state index in [0.29, 0.717) is 25.2 Å². The molecular formula is C27H32FN5O8. The van der Waals surface area contributed by atoms with E-state index in [9.17, 15) is 28.7 Å². The number of carbonyl (C=O) groups excluding carboxylic acids is 3. The fraction of sp³-hybridized carbons (Fsp3) is 0.481. The Morgan fingerprint density at radius 3 is 2.46 bits per heavy atom. The Bertz CT molecular complexity index is 1250. The van der Waals surface area contributed by atoms with E-state index in [2.05, 4.69) is 15.3 Å². The molecule has 1 aromatic carbocycles. The maximum Gasteiger partial charge on any atom is 0.409 e. The summed E-state index contributed by atoms with van der Waals surface area (Å²) in [7, 11) is 0. The van der Waals surface area contributed by atoms with Crippen molar-refractivity contribution in [3.63, 3.8) is 0 Å². The highest BCUT2D eigenvalue weighted by atomic mass is 19.1. The molecule has 0 bridgehead atoms. The molecule has 0 radical (unpaired) electrons. The highest BCUT2D eigenvalue weighted by Gasteiger charge is 2.31. The molecule has 2 aromatic rings. The van der Waals surface area contributed by atoms with Gasteiger partial charge in [-0.05, 0) is 37.6 Å². The van der Waals surface area contributed by atoms with Gasteiger partial charge in [-0.1, -0.05) is 0 Å². The molecule has 0 aliphatic carbocycles. The van der Waals surface area contributed by atoms with Crippen molar-refractivity contribution in [3.05, 3.63) is 41.8 Å². The van der Waals surface area contributed by atoms with Crippen LogP contribution in [-0.2, 0) is 19.1 Å². The van der Waals surface area contributed by atoms with E-state index >= 15 is 0 Å². The molecule has 2 atom stereocenters. The van der Waals surface area contributed by atoms with Crippen LogP contribution in [-0.4, -0.2) is 107 Å². The van der Waals surface area contributed by atoms with Gasteiger partial charge in [0.25, 0.3) is 5.91 Å². The summed E-state index contributed by atoms with van der Waals surface area (Å²) in [5.41, 5.74) is 0.319.